The van der Waals surface area contributed by atoms with E-state index in [9.17, 15) is 0 Å². The molecule has 2 rings (SSSR count). The maximum absolute atomic E-state index is 8.71. The number of hydrogen-bond acceptors (Lipinski definition) is 3. The summed E-state index contributed by atoms with van der Waals surface area (Å²) in [4.78, 5) is 2.41. The fraction of sp³-hybridized carbons (Fsp3) is 0.533. The molecule has 0 spiro atoms. The molecule has 1 heterocycles. The Hall–Kier alpha value is -1.23. The average molecular weight is 340 g/mol. The molecule has 0 saturated carbocycles. The van der Waals surface area contributed by atoms with Crippen LogP contribution in [0, 0.1) is 5.92 Å². The molecule has 110 valence electrons. The minimum atomic E-state index is 0.138. The van der Waals surface area contributed by atoms with Crippen LogP contribution in [0.1, 0.15) is 38.2 Å². The van der Waals surface area contributed by atoms with Crippen molar-refractivity contribution in [3.05, 3.63) is 28.2 Å². The minimum Gasteiger partial charge on any atom is -0.409 e. The summed E-state index contributed by atoms with van der Waals surface area (Å²) in [6.07, 6.45) is 5.16. The molecule has 0 atom stereocenters. The van der Waals surface area contributed by atoms with Crippen molar-refractivity contribution in [3.63, 3.8) is 0 Å². The van der Waals surface area contributed by atoms with E-state index in [-0.39, 0.29) is 5.84 Å². The number of benzene rings is 1. The molecular formula is C15H22BrN3O. The summed E-state index contributed by atoms with van der Waals surface area (Å²) in [5.74, 6) is 1.02. The van der Waals surface area contributed by atoms with E-state index in [0.29, 0.717) is 0 Å². The van der Waals surface area contributed by atoms with Crippen LogP contribution < -0.4 is 10.6 Å². The first kappa shape index (κ1) is 15.2. The number of nitrogens with zero attached hydrogens (tertiary/aromatic N) is 2. The average Bonchev–Trinajstić information content (AvgIpc) is 2.47. The van der Waals surface area contributed by atoms with E-state index in [0.717, 1.165) is 29.0 Å². The Bertz CT molecular complexity index is 482. The molecule has 1 aromatic carbocycles. The topological polar surface area (TPSA) is 61.8 Å². The molecule has 4 nitrogen and oxygen atoms in total. The van der Waals surface area contributed by atoms with E-state index in [1.165, 1.54) is 31.4 Å². The Kier molecular flexibility index (Phi) is 5.29. The third-order valence-corrected chi connectivity index (χ3v) is 4.64. The van der Waals surface area contributed by atoms with Crippen molar-refractivity contribution in [3.8, 4) is 0 Å². The summed E-state index contributed by atoms with van der Waals surface area (Å²) in [6, 6.07) is 5.84. The smallest absolute Gasteiger partial charge is 0.170 e. The van der Waals surface area contributed by atoms with E-state index in [2.05, 4.69) is 32.9 Å². The van der Waals surface area contributed by atoms with Crippen LogP contribution in [0.3, 0.4) is 0 Å². The lowest BCUT2D eigenvalue weighted by Gasteiger charge is -2.34. The summed E-state index contributed by atoms with van der Waals surface area (Å²) >= 11 is 3.59. The second-order valence-electron chi connectivity index (χ2n) is 5.37. The first-order valence-corrected chi connectivity index (χ1v) is 7.97. The van der Waals surface area contributed by atoms with Gasteiger partial charge < -0.3 is 15.8 Å². The lowest BCUT2D eigenvalue weighted by atomic mass is 9.92. The molecular weight excluding hydrogens is 318 g/mol. The molecule has 1 saturated heterocycles. The van der Waals surface area contributed by atoms with Crippen LogP contribution in [-0.4, -0.2) is 24.1 Å². The lowest BCUT2D eigenvalue weighted by molar-refractivity contribution is 0.318. The Balaban J connectivity index is 2.07. The lowest BCUT2D eigenvalue weighted by Crippen LogP contribution is -2.33. The molecule has 3 N–H and O–H groups in total. The van der Waals surface area contributed by atoms with Crippen molar-refractivity contribution in [2.45, 2.75) is 32.6 Å². The second-order valence-corrected chi connectivity index (χ2v) is 6.22. The largest absolute Gasteiger partial charge is 0.409 e. The van der Waals surface area contributed by atoms with Gasteiger partial charge in [0.25, 0.3) is 0 Å². The Morgan fingerprint density at radius 1 is 1.45 bits per heavy atom. The highest BCUT2D eigenvalue weighted by atomic mass is 79.9. The number of anilines is 1. The predicted octanol–water partition coefficient (Wildman–Crippen LogP) is 3.56. The number of halogens is 1. The number of amidine groups is 1. The molecule has 0 radical (unpaired) electrons. The van der Waals surface area contributed by atoms with Crippen LogP contribution in [0.5, 0.6) is 0 Å². The molecule has 20 heavy (non-hydrogen) atoms. The van der Waals surface area contributed by atoms with Crippen LogP contribution in [0.25, 0.3) is 0 Å². The van der Waals surface area contributed by atoms with Crippen molar-refractivity contribution in [2.75, 3.05) is 18.0 Å². The van der Waals surface area contributed by atoms with Gasteiger partial charge in [-0.3, -0.25) is 0 Å². The molecule has 0 bridgehead atoms. The van der Waals surface area contributed by atoms with E-state index < -0.39 is 0 Å². The number of oxime groups is 1. The zero-order chi connectivity index (χ0) is 14.5. The standard InChI is InChI=1S/C15H22BrN3O/c1-2-3-11-6-8-19(9-7-11)14-5-4-12(10-13(14)16)15(17)18-20/h4-5,10-11,20H,2-3,6-9H2,1H3,(H2,17,18). The predicted molar refractivity (Wildman–Crippen MR) is 86.5 cm³/mol. The van der Waals surface area contributed by atoms with Gasteiger partial charge in [0.05, 0.1) is 5.69 Å². The van der Waals surface area contributed by atoms with Crippen LogP contribution in [0.2, 0.25) is 0 Å². The number of piperidine rings is 1. The highest BCUT2D eigenvalue weighted by Crippen LogP contribution is 2.31. The summed E-state index contributed by atoms with van der Waals surface area (Å²) < 4.78 is 0.996. The first-order chi connectivity index (χ1) is 9.65. The molecule has 0 aromatic heterocycles. The van der Waals surface area contributed by atoms with Crippen molar-refractivity contribution in [2.24, 2.45) is 16.8 Å². The van der Waals surface area contributed by atoms with E-state index in [1.807, 2.05) is 18.2 Å². The highest BCUT2D eigenvalue weighted by molar-refractivity contribution is 9.10. The Morgan fingerprint density at radius 3 is 2.70 bits per heavy atom. The van der Waals surface area contributed by atoms with Crippen LogP contribution in [0.15, 0.2) is 27.8 Å². The van der Waals surface area contributed by atoms with Crippen LogP contribution in [0.4, 0.5) is 5.69 Å². The first-order valence-electron chi connectivity index (χ1n) is 7.18. The third kappa shape index (κ3) is 3.45. The van der Waals surface area contributed by atoms with Crippen molar-refractivity contribution in [1.29, 1.82) is 0 Å². The van der Waals surface area contributed by atoms with Crippen molar-refractivity contribution in [1.82, 2.24) is 0 Å². The van der Waals surface area contributed by atoms with E-state index in [1.54, 1.807) is 0 Å². The quantitative estimate of drug-likeness (QED) is 0.381. The highest BCUT2D eigenvalue weighted by Gasteiger charge is 2.20. The van der Waals surface area contributed by atoms with Gasteiger partial charge in [-0.25, -0.2) is 0 Å². The monoisotopic (exact) mass is 339 g/mol. The number of rotatable bonds is 4. The van der Waals surface area contributed by atoms with Gasteiger partial charge >= 0.3 is 0 Å². The van der Waals surface area contributed by atoms with Crippen LogP contribution >= 0.6 is 15.9 Å². The molecule has 0 unspecified atom stereocenters. The maximum atomic E-state index is 8.71. The van der Waals surface area contributed by atoms with Gasteiger partial charge in [0.1, 0.15) is 0 Å². The minimum absolute atomic E-state index is 0.138. The maximum Gasteiger partial charge on any atom is 0.170 e. The molecule has 1 aliphatic heterocycles. The van der Waals surface area contributed by atoms with Crippen molar-refractivity contribution >= 4 is 27.5 Å². The molecule has 1 aromatic rings. The molecule has 0 aliphatic carbocycles. The zero-order valence-corrected chi connectivity index (χ0v) is 13.4. The van der Waals surface area contributed by atoms with E-state index >= 15 is 0 Å². The van der Waals surface area contributed by atoms with Gasteiger partial charge in [-0.05, 0) is 52.9 Å². The summed E-state index contributed by atoms with van der Waals surface area (Å²) in [6.45, 7) is 4.47. The number of hydrogen-bond donors (Lipinski definition) is 2. The molecule has 5 heteroatoms. The third-order valence-electron chi connectivity index (χ3n) is 4.00. The second kappa shape index (κ2) is 6.97. The van der Waals surface area contributed by atoms with Gasteiger partial charge in [0.15, 0.2) is 5.84 Å². The molecule has 1 fully saturated rings. The van der Waals surface area contributed by atoms with Gasteiger partial charge in [0.2, 0.25) is 0 Å². The normalized spacial score (nSPS) is 17.5. The Morgan fingerprint density at radius 2 is 2.15 bits per heavy atom. The van der Waals surface area contributed by atoms with Gasteiger partial charge in [0, 0.05) is 23.1 Å². The summed E-state index contributed by atoms with van der Waals surface area (Å²) in [5, 5.41) is 11.7. The summed E-state index contributed by atoms with van der Waals surface area (Å²) in [7, 11) is 0. The summed E-state index contributed by atoms with van der Waals surface area (Å²) in [5.41, 5.74) is 7.52. The molecule has 0 amide bonds. The fourth-order valence-electron chi connectivity index (χ4n) is 2.85. The van der Waals surface area contributed by atoms with Crippen molar-refractivity contribution < 1.29 is 5.21 Å². The van der Waals surface area contributed by atoms with Crippen LogP contribution in [-0.2, 0) is 0 Å². The molecule has 1 aliphatic rings. The SMILES string of the molecule is CCCC1CCN(c2ccc(/C(N)=N/O)cc2Br)CC1. The van der Waals surface area contributed by atoms with E-state index in [4.69, 9.17) is 10.9 Å². The van der Waals surface area contributed by atoms with Gasteiger partial charge in [-0.1, -0.05) is 24.9 Å². The van der Waals surface area contributed by atoms with Gasteiger partial charge in [-0.15, -0.1) is 0 Å². The fourth-order valence-corrected chi connectivity index (χ4v) is 3.48. The number of nitrogens with two attached hydrogens (primary N) is 1. The Labute approximate surface area is 128 Å². The van der Waals surface area contributed by atoms with Gasteiger partial charge in [-0.2, -0.15) is 0 Å². The zero-order valence-electron chi connectivity index (χ0n) is 11.8.